The van der Waals surface area contributed by atoms with Crippen molar-refractivity contribution in [3.63, 3.8) is 0 Å². The maximum absolute atomic E-state index is 6.09. The molecule has 0 unspecified atom stereocenters. The van der Waals surface area contributed by atoms with Gasteiger partial charge in [0.25, 0.3) is 0 Å². The molecule has 2 heterocycles. The summed E-state index contributed by atoms with van der Waals surface area (Å²) in [5, 5.41) is 1.19. The fourth-order valence-electron chi connectivity index (χ4n) is 3.07. The third-order valence-corrected chi connectivity index (χ3v) is 4.77. The average Bonchev–Trinajstić information content (AvgIpc) is 2.82. The van der Waals surface area contributed by atoms with Crippen LogP contribution in [0.2, 0.25) is 0 Å². The van der Waals surface area contributed by atoms with Crippen molar-refractivity contribution in [3.05, 3.63) is 71.1 Å². The molecule has 0 N–H and O–H groups in total. The summed E-state index contributed by atoms with van der Waals surface area (Å²) < 4.78 is 8.31. The van der Waals surface area contributed by atoms with Crippen molar-refractivity contribution in [3.8, 4) is 5.88 Å². The largest absolute Gasteiger partial charge is 0.471 e. The van der Waals surface area contributed by atoms with E-state index in [-0.39, 0.29) is 0 Å². The molecule has 0 bridgehead atoms. The van der Waals surface area contributed by atoms with Gasteiger partial charge in [-0.05, 0) is 56.0 Å². The molecule has 2 aromatic heterocycles. The molecule has 0 spiro atoms. The zero-order valence-corrected chi connectivity index (χ0v) is 14.9. The molecule has 124 valence electrons. The van der Waals surface area contributed by atoms with Crippen LogP contribution in [0, 0.1) is 27.7 Å². The molecule has 1 aromatic carbocycles. The van der Waals surface area contributed by atoms with Gasteiger partial charge in [0.1, 0.15) is 12.1 Å². The van der Waals surface area contributed by atoms with Gasteiger partial charge in [-0.25, -0.2) is 4.98 Å². The van der Waals surface area contributed by atoms with Crippen molar-refractivity contribution in [2.75, 3.05) is 0 Å². The Labute approximate surface area is 143 Å². The van der Waals surface area contributed by atoms with Gasteiger partial charge < -0.3 is 9.30 Å². The maximum Gasteiger partial charge on any atom is 0.238 e. The summed E-state index contributed by atoms with van der Waals surface area (Å²) in [6.45, 7) is 13.7. The lowest BCUT2D eigenvalue weighted by Gasteiger charge is -2.11. The van der Waals surface area contributed by atoms with Crippen molar-refractivity contribution < 1.29 is 4.74 Å². The molecule has 0 aliphatic rings. The number of rotatable bonds is 5. The minimum atomic E-state index is 0.518. The van der Waals surface area contributed by atoms with Gasteiger partial charge in [-0.2, -0.15) is 0 Å². The highest BCUT2D eigenvalue weighted by Crippen LogP contribution is 2.31. The molecule has 0 fully saturated rings. The molecule has 3 rings (SSSR count). The van der Waals surface area contributed by atoms with Gasteiger partial charge >= 0.3 is 0 Å². The summed E-state index contributed by atoms with van der Waals surface area (Å²) >= 11 is 0. The quantitative estimate of drug-likeness (QED) is 0.616. The third kappa shape index (κ3) is 2.82. The van der Waals surface area contributed by atoms with Gasteiger partial charge in [0.05, 0.1) is 0 Å². The van der Waals surface area contributed by atoms with E-state index in [0.29, 0.717) is 12.5 Å². The van der Waals surface area contributed by atoms with E-state index in [4.69, 9.17) is 4.74 Å². The van der Waals surface area contributed by atoms with Crippen LogP contribution >= 0.6 is 0 Å². The highest BCUT2D eigenvalue weighted by molar-refractivity contribution is 5.88. The van der Waals surface area contributed by atoms with Crippen molar-refractivity contribution in [1.82, 2.24) is 9.55 Å². The fourth-order valence-corrected chi connectivity index (χ4v) is 3.07. The standard InChI is InChI=1S/C21H24N2O/c1-6-11-23-17(5)16(4)19-9-10-22-21(20(19)23)24-13-18-8-7-14(2)15(3)12-18/h6-10,12H,1,11,13H2,2-5H3. The van der Waals surface area contributed by atoms with Crippen LogP contribution in [0.1, 0.15) is 27.9 Å². The highest BCUT2D eigenvalue weighted by Gasteiger charge is 2.15. The molecule has 3 heteroatoms. The zero-order chi connectivity index (χ0) is 17.3. The van der Waals surface area contributed by atoms with E-state index in [1.54, 1.807) is 0 Å². The van der Waals surface area contributed by atoms with Gasteiger partial charge in [0.15, 0.2) is 0 Å². The highest BCUT2D eigenvalue weighted by atomic mass is 16.5. The first-order valence-corrected chi connectivity index (χ1v) is 8.27. The summed E-state index contributed by atoms with van der Waals surface area (Å²) in [4.78, 5) is 4.48. The predicted octanol–water partition coefficient (Wildman–Crippen LogP) is 5.03. The predicted molar refractivity (Wildman–Crippen MR) is 99.7 cm³/mol. The van der Waals surface area contributed by atoms with E-state index in [9.17, 15) is 0 Å². The number of allylic oxidation sites excluding steroid dienone is 1. The molecule has 0 aliphatic carbocycles. The normalized spacial score (nSPS) is 11.0. The zero-order valence-electron chi connectivity index (χ0n) is 14.9. The topological polar surface area (TPSA) is 27.1 Å². The molecule has 0 aliphatic heterocycles. The summed E-state index contributed by atoms with van der Waals surface area (Å²) in [7, 11) is 0. The van der Waals surface area contributed by atoms with Gasteiger partial charge in [-0.3, -0.25) is 0 Å². The number of aryl methyl sites for hydroxylation is 3. The molecule has 0 atom stereocenters. The van der Waals surface area contributed by atoms with E-state index in [2.05, 4.69) is 68.1 Å². The lowest BCUT2D eigenvalue weighted by molar-refractivity contribution is 0.296. The van der Waals surface area contributed by atoms with Gasteiger partial charge in [-0.15, -0.1) is 6.58 Å². The van der Waals surface area contributed by atoms with Gasteiger partial charge in [0.2, 0.25) is 5.88 Å². The number of ether oxygens (including phenoxy) is 1. The lowest BCUT2D eigenvalue weighted by Crippen LogP contribution is -2.03. The summed E-state index contributed by atoms with van der Waals surface area (Å²) in [5.41, 5.74) is 7.29. The van der Waals surface area contributed by atoms with E-state index in [1.807, 2.05) is 12.3 Å². The number of benzene rings is 1. The second kappa shape index (κ2) is 6.52. The van der Waals surface area contributed by atoms with Crippen molar-refractivity contribution in [2.24, 2.45) is 0 Å². The van der Waals surface area contributed by atoms with Gasteiger partial charge in [0, 0.05) is 23.8 Å². The summed E-state index contributed by atoms with van der Waals surface area (Å²) in [6.07, 6.45) is 3.73. The van der Waals surface area contributed by atoms with Crippen LogP contribution in [0.4, 0.5) is 0 Å². The minimum Gasteiger partial charge on any atom is -0.471 e. The lowest BCUT2D eigenvalue weighted by atomic mass is 10.1. The molecule has 0 saturated heterocycles. The third-order valence-electron chi connectivity index (χ3n) is 4.77. The van der Waals surface area contributed by atoms with Crippen LogP contribution < -0.4 is 4.74 Å². The van der Waals surface area contributed by atoms with Crippen molar-refractivity contribution in [1.29, 1.82) is 0 Å². The molecule has 24 heavy (non-hydrogen) atoms. The van der Waals surface area contributed by atoms with Crippen molar-refractivity contribution in [2.45, 2.75) is 40.8 Å². The van der Waals surface area contributed by atoms with E-state index >= 15 is 0 Å². The number of nitrogens with zero attached hydrogens (tertiary/aromatic N) is 2. The van der Waals surface area contributed by atoms with Crippen LogP contribution in [-0.2, 0) is 13.2 Å². The number of hydrogen-bond donors (Lipinski definition) is 0. The van der Waals surface area contributed by atoms with Crippen LogP contribution in [0.15, 0.2) is 43.1 Å². The molecule has 0 radical (unpaired) electrons. The Morgan fingerprint density at radius 2 is 1.92 bits per heavy atom. The maximum atomic E-state index is 6.09. The Hall–Kier alpha value is -2.55. The Bertz CT molecular complexity index is 906. The first kappa shape index (κ1) is 16.3. The molecule has 0 saturated carbocycles. The van der Waals surface area contributed by atoms with Gasteiger partial charge in [-0.1, -0.05) is 24.3 Å². The Balaban J connectivity index is 1.98. The molecule has 3 nitrogen and oxygen atoms in total. The fraction of sp³-hybridized carbons (Fsp3) is 0.286. The van der Waals surface area contributed by atoms with Crippen LogP contribution in [-0.4, -0.2) is 9.55 Å². The first-order valence-electron chi connectivity index (χ1n) is 8.27. The number of aromatic nitrogens is 2. The summed E-state index contributed by atoms with van der Waals surface area (Å²) in [5.74, 6) is 0.684. The Kier molecular flexibility index (Phi) is 4.43. The SMILES string of the molecule is C=CCn1c(C)c(C)c2ccnc(OCc3ccc(C)c(C)c3)c21. The molecule has 0 amide bonds. The van der Waals surface area contributed by atoms with Crippen molar-refractivity contribution >= 4 is 10.9 Å². The number of fused-ring (bicyclic) bond motifs is 1. The smallest absolute Gasteiger partial charge is 0.238 e. The van der Waals surface area contributed by atoms with E-state index in [0.717, 1.165) is 17.6 Å². The minimum absolute atomic E-state index is 0.518. The van der Waals surface area contributed by atoms with Crippen LogP contribution in [0.3, 0.4) is 0 Å². The number of pyridine rings is 1. The first-order chi connectivity index (χ1) is 11.5. The molecular weight excluding hydrogens is 296 g/mol. The summed E-state index contributed by atoms with van der Waals surface area (Å²) in [6, 6.07) is 8.48. The Morgan fingerprint density at radius 3 is 2.62 bits per heavy atom. The average molecular weight is 320 g/mol. The molecular formula is C21H24N2O. The van der Waals surface area contributed by atoms with E-state index in [1.165, 1.54) is 27.8 Å². The Morgan fingerprint density at radius 1 is 1.12 bits per heavy atom. The van der Waals surface area contributed by atoms with Crippen LogP contribution in [0.25, 0.3) is 10.9 Å². The number of hydrogen-bond acceptors (Lipinski definition) is 2. The second-order valence-corrected chi connectivity index (χ2v) is 6.33. The molecule has 3 aromatic rings. The van der Waals surface area contributed by atoms with E-state index < -0.39 is 0 Å². The van der Waals surface area contributed by atoms with Crippen LogP contribution in [0.5, 0.6) is 5.88 Å². The monoisotopic (exact) mass is 320 g/mol. The second-order valence-electron chi connectivity index (χ2n) is 6.33.